The summed E-state index contributed by atoms with van der Waals surface area (Å²) in [6.45, 7) is 0.167. The van der Waals surface area contributed by atoms with Gasteiger partial charge in [-0.15, -0.1) is 0 Å². The molecule has 8 heteroatoms. The lowest BCUT2D eigenvalue weighted by molar-refractivity contribution is 0.326. The minimum Gasteiger partial charge on any atom is -0.494 e. The summed E-state index contributed by atoms with van der Waals surface area (Å²) in [5.74, 6) is 2.23. The summed E-state index contributed by atoms with van der Waals surface area (Å²) < 4.78 is 18.2. The fourth-order valence-corrected chi connectivity index (χ4v) is 3.54. The summed E-state index contributed by atoms with van der Waals surface area (Å²) in [5.41, 5.74) is 0.122. The van der Waals surface area contributed by atoms with Crippen molar-refractivity contribution < 1.29 is 19.3 Å². The number of hydrogen-bond donors (Lipinski definition) is 2. The Morgan fingerprint density at radius 3 is 2.29 bits per heavy atom. The van der Waals surface area contributed by atoms with Gasteiger partial charge in [0.1, 0.15) is 23.7 Å². The Hall–Kier alpha value is -4.30. The van der Waals surface area contributed by atoms with Gasteiger partial charge in [-0.05, 0) is 72.9 Å². The Morgan fingerprint density at radius 2 is 1.59 bits per heavy atom. The summed E-state index contributed by atoms with van der Waals surface area (Å²) >= 11 is 5.29. The molecule has 2 N–H and O–H groups in total. The van der Waals surface area contributed by atoms with E-state index in [4.69, 9.17) is 26.4 Å². The van der Waals surface area contributed by atoms with Gasteiger partial charge in [-0.25, -0.2) is 0 Å². The summed E-state index contributed by atoms with van der Waals surface area (Å²) in [6.07, 6.45) is 3.11. The van der Waals surface area contributed by atoms with E-state index in [9.17, 15) is 9.90 Å². The Kier molecular flexibility index (Phi) is 7.10. The van der Waals surface area contributed by atoms with Gasteiger partial charge >= 0.3 is 0 Å². The third-order valence-electron chi connectivity index (χ3n) is 4.88. The quantitative estimate of drug-likeness (QED) is 0.328. The highest BCUT2D eigenvalue weighted by Gasteiger charge is 2.12. The zero-order valence-corrected chi connectivity index (χ0v) is 19.1. The molecule has 34 heavy (non-hydrogen) atoms. The van der Waals surface area contributed by atoms with Gasteiger partial charge in [0, 0.05) is 0 Å². The molecule has 1 aromatic heterocycles. The normalized spacial score (nSPS) is 10.9. The van der Waals surface area contributed by atoms with Crippen molar-refractivity contribution in [2.75, 3.05) is 13.7 Å². The molecular weight excluding hydrogens is 452 g/mol. The molecule has 7 nitrogen and oxygen atoms in total. The molecule has 0 fully saturated rings. The fraction of sp³-hybridized carbons (Fsp3) is 0.0769. The van der Waals surface area contributed by atoms with E-state index in [1.54, 1.807) is 49.6 Å². The molecule has 0 unspecified atom stereocenters. The first-order valence-corrected chi connectivity index (χ1v) is 10.8. The van der Waals surface area contributed by atoms with E-state index in [-0.39, 0.29) is 22.8 Å². The smallest absolute Gasteiger partial charge is 0.262 e. The van der Waals surface area contributed by atoms with Crippen LogP contribution in [0.5, 0.6) is 28.9 Å². The monoisotopic (exact) mass is 474 g/mol. The number of methoxy groups -OCH3 is 1. The molecule has 0 saturated heterocycles. The number of aromatic amines is 1. The molecule has 1 heterocycles. The third-order valence-corrected chi connectivity index (χ3v) is 5.17. The van der Waals surface area contributed by atoms with Gasteiger partial charge in [-0.2, -0.15) is 0 Å². The van der Waals surface area contributed by atoms with E-state index < -0.39 is 5.56 Å². The summed E-state index contributed by atoms with van der Waals surface area (Å²) in [5, 5.41) is 10.8. The third kappa shape index (κ3) is 5.19. The second-order valence-electron chi connectivity index (χ2n) is 7.11. The van der Waals surface area contributed by atoms with Crippen molar-refractivity contribution >= 4 is 18.3 Å². The Balaban J connectivity index is 1.55. The predicted octanol–water partition coefficient (Wildman–Crippen LogP) is 5.49. The number of aromatic hydroxyl groups is 1. The maximum Gasteiger partial charge on any atom is 0.262 e. The Bertz CT molecular complexity index is 1410. The molecule has 0 aliphatic rings. The van der Waals surface area contributed by atoms with Crippen molar-refractivity contribution in [2.45, 2.75) is 0 Å². The minimum atomic E-state index is -0.503. The van der Waals surface area contributed by atoms with Crippen molar-refractivity contribution in [2.24, 2.45) is 0 Å². The molecule has 0 amide bonds. The van der Waals surface area contributed by atoms with Crippen molar-refractivity contribution in [3.05, 3.63) is 106 Å². The van der Waals surface area contributed by atoms with Gasteiger partial charge in [0.25, 0.3) is 5.56 Å². The average molecular weight is 475 g/mol. The molecule has 3 aromatic carbocycles. The fourth-order valence-electron chi connectivity index (χ4n) is 3.26. The minimum absolute atomic E-state index is 0.0573. The maximum atomic E-state index is 12.4. The number of nitrogens with zero attached hydrogens (tertiary/aromatic N) is 1. The molecule has 0 aliphatic heterocycles. The molecule has 0 aliphatic carbocycles. The molecule has 0 radical (unpaired) electrons. The molecule has 0 spiro atoms. The van der Waals surface area contributed by atoms with Crippen molar-refractivity contribution in [1.29, 1.82) is 0 Å². The number of para-hydroxylation sites is 3. The lowest BCUT2D eigenvalue weighted by Gasteiger charge is -2.12. The highest BCUT2D eigenvalue weighted by atomic mass is 32.1. The first-order chi connectivity index (χ1) is 16.6. The van der Waals surface area contributed by atoms with Gasteiger partial charge in [0.15, 0.2) is 16.3 Å². The van der Waals surface area contributed by atoms with Gasteiger partial charge in [0.05, 0.1) is 12.8 Å². The second-order valence-corrected chi connectivity index (χ2v) is 7.49. The topological polar surface area (TPSA) is 85.7 Å². The second kappa shape index (κ2) is 10.5. The van der Waals surface area contributed by atoms with Crippen molar-refractivity contribution in [3.8, 4) is 34.6 Å². The molecule has 4 rings (SSSR count). The van der Waals surface area contributed by atoms with Crippen molar-refractivity contribution in [3.63, 3.8) is 0 Å². The highest BCUT2D eigenvalue weighted by molar-refractivity contribution is 7.71. The zero-order valence-electron chi connectivity index (χ0n) is 18.3. The molecule has 4 aromatic rings. The number of nitrogens with one attached hydrogen (secondary N) is 1. The standard InChI is InChI=1S/C26H22N2O5S/c1-31-22-11-5-6-12-23(22)32-17-7-10-21-24(29)27-26(34)28(25(21)30)18-13-15-20(16-14-18)33-19-8-3-2-4-9-19/h2-16,30H,17H2,1H3,(H,27,29,34). The zero-order chi connectivity index (χ0) is 23.9. The van der Waals surface area contributed by atoms with Crippen LogP contribution in [0.1, 0.15) is 5.56 Å². The van der Waals surface area contributed by atoms with Crippen LogP contribution in [0.15, 0.2) is 89.7 Å². The van der Waals surface area contributed by atoms with Crippen LogP contribution in [-0.2, 0) is 0 Å². The van der Waals surface area contributed by atoms with E-state index in [1.165, 1.54) is 10.6 Å². The molecular formula is C26H22N2O5S. The first kappa shape index (κ1) is 22.9. The number of rotatable bonds is 8. The SMILES string of the molecule is COc1ccccc1OCC=Cc1c(O)n(-c2ccc(Oc3ccccc3)cc2)c(=S)[nH]c1=O. The first-order valence-electron chi connectivity index (χ1n) is 10.4. The highest BCUT2D eigenvalue weighted by Crippen LogP contribution is 2.27. The molecule has 0 saturated carbocycles. The molecule has 0 bridgehead atoms. The van der Waals surface area contributed by atoms with E-state index in [0.717, 1.165) is 0 Å². The van der Waals surface area contributed by atoms with E-state index in [2.05, 4.69) is 4.98 Å². The van der Waals surface area contributed by atoms with Gasteiger partial charge < -0.3 is 19.3 Å². The van der Waals surface area contributed by atoms with Crippen LogP contribution >= 0.6 is 12.2 Å². The van der Waals surface area contributed by atoms with Crippen LogP contribution < -0.4 is 19.8 Å². The average Bonchev–Trinajstić information content (AvgIpc) is 2.85. The number of H-pyrrole nitrogens is 1. The number of aromatic nitrogens is 2. The number of benzene rings is 3. The van der Waals surface area contributed by atoms with Crippen LogP contribution in [0, 0.1) is 4.77 Å². The van der Waals surface area contributed by atoms with Gasteiger partial charge in [-0.1, -0.05) is 30.3 Å². The van der Waals surface area contributed by atoms with Crippen molar-refractivity contribution in [1.82, 2.24) is 9.55 Å². The lowest BCUT2D eigenvalue weighted by Crippen LogP contribution is -2.16. The number of ether oxygens (including phenoxy) is 3. The van der Waals surface area contributed by atoms with Gasteiger partial charge in [0.2, 0.25) is 5.88 Å². The predicted molar refractivity (Wildman–Crippen MR) is 133 cm³/mol. The largest absolute Gasteiger partial charge is 0.494 e. The van der Waals surface area contributed by atoms with E-state index in [0.29, 0.717) is 28.7 Å². The van der Waals surface area contributed by atoms with Gasteiger partial charge in [-0.3, -0.25) is 14.3 Å². The maximum absolute atomic E-state index is 12.4. The van der Waals surface area contributed by atoms with E-state index in [1.807, 2.05) is 42.5 Å². The summed E-state index contributed by atoms with van der Waals surface area (Å²) in [6, 6.07) is 23.6. The van der Waals surface area contributed by atoms with E-state index >= 15 is 0 Å². The van der Waals surface area contributed by atoms with Crippen LogP contribution in [0.4, 0.5) is 0 Å². The summed E-state index contributed by atoms with van der Waals surface area (Å²) in [4.78, 5) is 15.0. The van der Waals surface area contributed by atoms with Crippen LogP contribution in [0.2, 0.25) is 0 Å². The van der Waals surface area contributed by atoms with Crippen LogP contribution in [0.25, 0.3) is 11.8 Å². The molecule has 172 valence electrons. The Morgan fingerprint density at radius 1 is 0.941 bits per heavy atom. The number of hydrogen-bond acceptors (Lipinski definition) is 6. The van der Waals surface area contributed by atoms with Crippen LogP contribution in [-0.4, -0.2) is 28.4 Å². The summed E-state index contributed by atoms with van der Waals surface area (Å²) in [7, 11) is 1.56. The Labute approximate surface area is 201 Å². The van der Waals surface area contributed by atoms with Crippen LogP contribution in [0.3, 0.4) is 0 Å². The lowest BCUT2D eigenvalue weighted by atomic mass is 10.2. The molecule has 0 atom stereocenters.